The third kappa shape index (κ3) is 64.7. The fourth-order valence-electron chi connectivity index (χ4n) is 0. The van der Waals surface area contributed by atoms with Crippen LogP contribution in [0.5, 0.6) is 0 Å². The van der Waals surface area contributed by atoms with Crippen LogP contribution in [0.15, 0.2) is 0 Å². The van der Waals surface area contributed by atoms with Crippen LogP contribution >= 0.6 is 12.6 Å². The topological polar surface area (TPSA) is 37.3 Å². The molecule has 0 unspecified atom stereocenters. The Bertz CT molecular complexity index is 32.6. The quantitative estimate of drug-likeness (QED) is 0.433. The molecule has 0 rings (SSSR count). The van der Waals surface area contributed by atoms with Gasteiger partial charge in [-0.25, -0.2) is 4.79 Å². The van der Waals surface area contributed by atoms with E-state index in [1.54, 1.807) is 0 Å². The van der Waals surface area contributed by atoms with Gasteiger partial charge in [-0.1, -0.05) is 12.6 Å². The van der Waals surface area contributed by atoms with E-state index in [9.17, 15) is 0 Å². The van der Waals surface area contributed by atoms with E-state index in [0.717, 1.165) is 0 Å². The van der Waals surface area contributed by atoms with E-state index < -0.39 is 5.30 Å². The van der Waals surface area contributed by atoms with Gasteiger partial charge in [-0.05, 0) is 0 Å². The first-order valence-corrected chi connectivity index (χ1v) is 1.10. The predicted molar refractivity (Wildman–Crippen MR) is 17.0 cm³/mol. The Balaban J connectivity index is 0. The molecule has 26 valence electrons. The Morgan fingerprint density at radius 1 is 1.80 bits per heavy atom. The van der Waals surface area contributed by atoms with Gasteiger partial charge in [0.15, 0.2) is 0 Å². The summed E-state index contributed by atoms with van der Waals surface area (Å²) in [5.41, 5.74) is 0. The normalized spacial score (nSPS) is 5.00. The van der Waals surface area contributed by atoms with Crippen LogP contribution in [0.25, 0.3) is 0 Å². The van der Waals surface area contributed by atoms with Gasteiger partial charge in [0, 0.05) is 27.3 Å². The average Bonchev–Trinajstić information content (AvgIpc) is 0.811. The molecular formula is CH2CdO2S. The minimum Gasteiger partial charge on any atom is -0.473 e. The number of hydrogen-bond donors (Lipinski definition) is 2. The molecule has 0 fully saturated rings. The summed E-state index contributed by atoms with van der Waals surface area (Å²) in [5, 5.41) is 6.14. The molecule has 0 bridgehead atoms. The maximum atomic E-state index is 8.86. The molecule has 0 aliphatic carbocycles. The Morgan fingerprint density at radius 3 is 1.80 bits per heavy atom. The molecule has 0 saturated heterocycles. The summed E-state index contributed by atoms with van der Waals surface area (Å²) in [5.74, 6) is 0. The molecule has 0 aromatic heterocycles. The zero-order valence-electron chi connectivity index (χ0n) is 2.51. The van der Waals surface area contributed by atoms with Crippen LogP contribution in [-0.4, -0.2) is 10.4 Å². The van der Waals surface area contributed by atoms with Crippen molar-refractivity contribution in [2.75, 3.05) is 0 Å². The second-order valence-electron chi connectivity index (χ2n) is 0.283. The molecule has 2 nitrogen and oxygen atoms in total. The summed E-state index contributed by atoms with van der Waals surface area (Å²) >= 11 is 2.88. The minimum absolute atomic E-state index is 0. The molecule has 1 N–H and O–H groups in total. The third-order valence-electron chi connectivity index (χ3n) is 0. The van der Waals surface area contributed by atoms with E-state index in [-0.39, 0.29) is 27.3 Å². The molecule has 0 aliphatic heterocycles. The monoisotopic (exact) mass is 192 g/mol. The van der Waals surface area contributed by atoms with Crippen molar-refractivity contribution in [3.05, 3.63) is 0 Å². The molecule has 0 aromatic rings. The molecule has 0 heterocycles. The molecule has 0 radical (unpaired) electrons. The van der Waals surface area contributed by atoms with Gasteiger partial charge in [0.1, 0.15) is 0 Å². The number of carboxylic acid groups (broad SMARTS) is 1. The average molecular weight is 191 g/mol. The van der Waals surface area contributed by atoms with E-state index in [1.807, 2.05) is 0 Å². The van der Waals surface area contributed by atoms with Crippen LogP contribution < -0.4 is 0 Å². The first-order valence-electron chi connectivity index (χ1n) is 0.651. The van der Waals surface area contributed by atoms with E-state index in [1.165, 1.54) is 0 Å². The number of carbonyl (C=O) groups is 1. The van der Waals surface area contributed by atoms with Gasteiger partial charge in [-0.3, -0.25) is 0 Å². The minimum atomic E-state index is -1.14. The first-order chi connectivity index (χ1) is 1.73. The second kappa shape index (κ2) is 4.74. The summed E-state index contributed by atoms with van der Waals surface area (Å²) < 4.78 is 0. The van der Waals surface area contributed by atoms with Gasteiger partial charge in [0.2, 0.25) is 0 Å². The number of thiol groups is 1. The number of hydrogen-bond acceptors (Lipinski definition) is 1. The molecular weight excluding hydrogens is 188 g/mol. The van der Waals surface area contributed by atoms with Crippen molar-refractivity contribution in [1.82, 2.24) is 0 Å². The Labute approximate surface area is 55.1 Å². The fourth-order valence-corrected chi connectivity index (χ4v) is 0. The van der Waals surface area contributed by atoms with Crippen molar-refractivity contribution < 1.29 is 37.2 Å². The maximum absolute atomic E-state index is 8.86. The molecule has 0 amide bonds. The summed E-state index contributed by atoms with van der Waals surface area (Å²) in [6.45, 7) is 0. The molecule has 0 atom stereocenters. The summed E-state index contributed by atoms with van der Waals surface area (Å²) in [7, 11) is 0. The maximum Gasteiger partial charge on any atom is 0.361 e. The molecule has 0 aliphatic rings. The number of rotatable bonds is 0. The predicted octanol–water partition coefficient (Wildman–Crippen LogP) is 0.592. The largest absolute Gasteiger partial charge is 0.473 e. The first kappa shape index (κ1) is 9.22. The fraction of sp³-hybridized carbons (Fsp3) is 0. The van der Waals surface area contributed by atoms with Crippen molar-refractivity contribution in [3.63, 3.8) is 0 Å². The van der Waals surface area contributed by atoms with Gasteiger partial charge in [-0.2, -0.15) is 0 Å². The summed E-state index contributed by atoms with van der Waals surface area (Å²) in [6.07, 6.45) is 0. The van der Waals surface area contributed by atoms with Gasteiger partial charge < -0.3 is 5.11 Å². The SMILES string of the molecule is O=C(O)S.[Cd]. The van der Waals surface area contributed by atoms with E-state index >= 15 is 0 Å². The van der Waals surface area contributed by atoms with Crippen molar-refractivity contribution in [1.29, 1.82) is 0 Å². The van der Waals surface area contributed by atoms with Crippen LogP contribution in [0.3, 0.4) is 0 Å². The molecule has 5 heavy (non-hydrogen) atoms. The van der Waals surface area contributed by atoms with Gasteiger partial charge in [0.25, 0.3) is 0 Å². The summed E-state index contributed by atoms with van der Waals surface area (Å²) in [6, 6.07) is 0. The van der Waals surface area contributed by atoms with Gasteiger partial charge in [0.05, 0.1) is 0 Å². The van der Waals surface area contributed by atoms with Crippen LogP contribution in [0.4, 0.5) is 4.79 Å². The van der Waals surface area contributed by atoms with Gasteiger partial charge in [-0.15, -0.1) is 0 Å². The van der Waals surface area contributed by atoms with Crippen molar-refractivity contribution in [3.8, 4) is 0 Å². The van der Waals surface area contributed by atoms with E-state index in [4.69, 9.17) is 9.90 Å². The third-order valence-corrected chi connectivity index (χ3v) is 0. The Hall–Kier alpha value is 0.742. The van der Waals surface area contributed by atoms with E-state index in [0.29, 0.717) is 0 Å². The second-order valence-corrected chi connectivity index (χ2v) is 0.665. The standard InChI is InChI=1S/CH2O2S.Cd/c2-1(3)4;/h4H,(H,2,3);. The summed E-state index contributed by atoms with van der Waals surface area (Å²) in [4.78, 5) is 8.86. The molecule has 4 heteroatoms. The van der Waals surface area contributed by atoms with Crippen LogP contribution in [-0.2, 0) is 27.3 Å². The Morgan fingerprint density at radius 2 is 1.80 bits per heavy atom. The van der Waals surface area contributed by atoms with Crippen molar-refractivity contribution >= 4 is 17.9 Å². The van der Waals surface area contributed by atoms with Gasteiger partial charge >= 0.3 is 5.30 Å². The van der Waals surface area contributed by atoms with E-state index in [2.05, 4.69) is 12.6 Å². The van der Waals surface area contributed by atoms with Crippen LogP contribution in [0, 0.1) is 0 Å². The zero-order chi connectivity index (χ0) is 3.58. The van der Waals surface area contributed by atoms with Crippen LogP contribution in [0.2, 0.25) is 0 Å². The van der Waals surface area contributed by atoms with Crippen molar-refractivity contribution in [2.24, 2.45) is 0 Å². The molecule has 0 spiro atoms. The smallest absolute Gasteiger partial charge is 0.361 e. The molecule has 0 aromatic carbocycles. The van der Waals surface area contributed by atoms with Crippen molar-refractivity contribution in [2.45, 2.75) is 0 Å². The molecule has 0 saturated carbocycles. The zero-order valence-corrected chi connectivity index (χ0v) is 7.44. The Kier molecular flexibility index (Phi) is 8.75. The van der Waals surface area contributed by atoms with Crippen LogP contribution in [0.1, 0.15) is 0 Å².